The van der Waals surface area contributed by atoms with Crippen LogP contribution < -0.4 is 4.72 Å². The predicted octanol–water partition coefficient (Wildman–Crippen LogP) is 2.33. The van der Waals surface area contributed by atoms with Gasteiger partial charge in [-0.3, -0.25) is 9.69 Å². The molecule has 0 radical (unpaired) electrons. The van der Waals surface area contributed by atoms with E-state index in [0.29, 0.717) is 11.5 Å². The van der Waals surface area contributed by atoms with E-state index >= 15 is 0 Å². The molecular weight excluding hydrogens is 402 g/mol. The van der Waals surface area contributed by atoms with E-state index < -0.39 is 10.0 Å². The maximum absolute atomic E-state index is 12.9. The molecule has 2 heterocycles. The summed E-state index contributed by atoms with van der Waals surface area (Å²) in [6, 6.07) is 6.05. The lowest BCUT2D eigenvalue weighted by atomic mass is 9.95. The second kappa shape index (κ2) is 9.77. The number of carbonyl (C=O) groups excluding carboxylic acids is 1. The van der Waals surface area contributed by atoms with E-state index in [9.17, 15) is 13.2 Å². The Bertz CT molecular complexity index is 807. The highest BCUT2D eigenvalue weighted by atomic mass is 32.2. The number of ether oxygens (including phenoxy) is 1. The van der Waals surface area contributed by atoms with Gasteiger partial charge < -0.3 is 9.64 Å². The summed E-state index contributed by atoms with van der Waals surface area (Å²) in [4.78, 5) is 17.4. The zero-order chi connectivity index (χ0) is 21.9. The highest BCUT2D eigenvalue weighted by Crippen LogP contribution is 2.22. The fourth-order valence-corrected chi connectivity index (χ4v) is 5.71. The Morgan fingerprint density at radius 2 is 1.67 bits per heavy atom. The standard InChI is InChI=1S/C22H35N3O4S/c1-16(2)23-30(27,28)21-7-5-20(6-8-21)22(26)25-11-9-19(10-12-25)15-24-13-17(3)29-18(4)14-24/h5-8,16-19,23H,9-15H2,1-4H3. The van der Waals surface area contributed by atoms with E-state index in [-0.39, 0.29) is 29.1 Å². The molecular formula is C22H35N3O4S. The number of piperidine rings is 1. The molecule has 0 spiro atoms. The van der Waals surface area contributed by atoms with E-state index in [0.717, 1.165) is 45.6 Å². The molecule has 1 aromatic carbocycles. The van der Waals surface area contributed by atoms with Crippen molar-refractivity contribution >= 4 is 15.9 Å². The maximum Gasteiger partial charge on any atom is 0.253 e. The van der Waals surface area contributed by atoms with Gasteiger partial charge in [0.05, 0.1) is 17.1 Å². The molecule has 2 atom stereocenters. The number of benzene rings is 1. The SMILES string of the molecule is CC(C)NS(=O)(=O)c1ccc(C(=O)N2CCC(CN3CC(C)OC(C)C3)CC2)cc1. The predicted molar refractivity (Wildman–Crippen MR) is 117 cm³/mol. The van der Waals surface area contributed by atoms with Gasteiger partial charge in [-0.15, -0.1) is 0 Å². The third-order valence-electron chi connectivity index (χ3n) is 5.72. The van der Waals surface area contributed by atoms with Gasteiger partial charge in [0.25, 0.3) is 5.91 Å². The van der Waals surface area contributed by atoms with Crippen molar-refractivity contribution in [3.05, 3.63) is 29.8 Å². The first-order valence-electron chi connectivity index (χ1n) is 10.9. The molecule has 0 saturated carbocycles. The largest absolute Gasteiger partial charge is 0.373 e. The lowest BCUT2D eigenvalue weighted by molar-refractivity contribution is -0.0728. The minimum absolute atomic E-state index is 0.0252. The molecule has 2 aliphatic rings. The molecule has 1 aromatic rings. The van der Waals surface area contributed by atoms with Gasteiger partial charge in [-0.25, -0.2) is 13.1 Å². The molecule has 1 amide bonds. The van der Waals surface area contributed by atoms with Gasteiger partial charge in [0, 0.05) is 44.3 Å². The van der Waals surface area contributed by atoms with Gasteiger partial charge in [-0.2, -0.15) is 0 Å². The molecule has 0 bridgehead atoms. The number of carbonyl (C=O) groups is 1. The lowest BCUT2D eigenvalue weighted by Gasteiger charge is -2.39. The summed E-state index contributed by atoms with van der Waals surface area (Å²) in [6.45, 7) is 12.3. The first kappa shape index (κ1) is 23.2. The van der Waals surface area contributed by atoms with Gasteiger partial charge >= 0.3 is 0 Å². The number of nitrogens with one attached hydrogen (secondary N) is 1. The molecule has 2 aliphatic heterocycles. The summed E-state index contributed by atoms with van der Waals surface area (Å²) < 4.78 is 32.9. The fourth-order valence-electron chi connectivity index (χ4n) is 4.45. The lowest BCUT2D eigenvalue weighted by Crippen LogP contribution is -2.48. The number of hydrogen-bond donors (Lipinski definition) is 1. The van der Waals surface area contributed by atoms with Crippen LogP contribution in [-0.4, -0.2) is 75.1 Å². The van der Waals surface area contributed by atoms with Crippen molar-refractivity contribution in [1.82, 2.24) is 14.5 Å². The Morgan fingerprint density at radius 3 is 2.20 bits per heavy atom. The average Bonchev–Trinajstić information content (AvgIpc) is 2.66. The van der Waals surface area contributed by atoms with Crippen molar-refractivity contribution in [2.75, 3.05) is 32.7 Å². The van der Waals surface area contributed by atoms with Crippen molar-refractivity contribution < 1.29 is 17.9 Å². The van der Waals surface area contributed by atoms with E-state index in [1.807, 2.05) is 4.90 Å². The molecule has 8 heteroatoms. The van der Waals surface area contributed by atoms with Crippen LogP contribution in [0.15, 0.2) is 29.2 Å². The summed E-state index contributed by atoms with van der Waals surface area (Å²) >= 11 is 0. The van der Waals surface area contributed by atoms with Gasteiger partial charge in [0.2, 0.25) is 10.0 Å². The summed E-state index contributed by atoms with van der Waals surface area (Å²) in [5.41, 5.74) is 0.535. The topological polar surface area (TPSA) is 79.0 Å². The molecule has 30 heavy (non-hydrogen) atoms. The van der Waals surface area contributed by atoms with Crippen molar-refractivity contribution in [3.63, 3.8) is 0 Å². The Morgan fingerprint density at radius 1 is 1.10 bits per heavy atom. The zero-order valence-electron chi connectivity index (χ0n) is 18.5. The summed E-state index contributed by atoms with van der Waals surface area (Å²) in [7, 11) is -3.54. The second-order valence-electron chi connectivity index (χ2n) is 9.01. The first-order valence-corrected chi connectivity index (χ1v) is 12.4. The molecule has 2 saturated heterocycles. The fraction of sp³-hybridized carbons (Fsp3) is 0.682. The molecule has 2 unspecified atom stereocenters. The van der Waals surface area contributed by atoms with Crippen molar-refractivity contribution in [3.8, 4) is 0 Å². The van der Waals surface area contributed by atoms with Crippen LogP contribution in [0.4, 0.5) is 0 Å². The average molecular weight is 438 g/mol. The van der Waals surface area contributed by atoms with Crippen LogP contribution in [-0.2, 0) is 14.8 Å². The monoisotopic (exact) mass is 437 g/mol. The van der Waals surface area contributed by atoms with Crippen LogP contribution >= 0.6 is 0 Å². The van der Waals surface area contributed by atoms with Crippen LogP contribution in [0.2, 0.25) is 0 Å². The van der Waals surface area contributed by atoms with Crippen LogP contribution in [0.5, 0.6) is 0 Å². The Balaban J connectivity index is 1.52. The highest BCUT2D eigenvalue weighted by Gasteiger charge is 2.28. The maximum atomic E-state index is 12.9. The normalized spacial score (nSPS) is 24.4. The van der Waals surface area contributed by atoms with E-state index in [4.69, 9.17) is 4.74 Å². The van der Waals surface area contributed by atoms with Gasteiger partial charge in [-0.05, 0) is 70.7 Å². The van der Waals surface area contributed by atoms with Crippen molar-refractivity contribution in [1.29, 1.82) is 0 Å². The number of likely N-dealkylation sites (tertiary alicyclic amines) is 1. The van der Waals surface area contributed by atoms with Crippen LogP contribution in [0, 0.1) is 5.92 Å². The van der Waals surface area contributed by atoms with E-state index in [1.165, 1.54) is 12.1 Å². The van der Waals surface area contributed by atoms with Crippen molar-refractivity contribution in [2.24, 2.45) is 5.92 Å². The van der Waals surface area contributed by atoms with Crippen LogP contribution in [0.3, 0.4) is 0 Å². The van der Waals surface area contributed by atoms with Gasteiger partial charge in [0.1, 0.15) is 0 Å². The second-order valence-corrected chi connectivity index (χ2v) is 10.7. The zero-order valence-corrected chi connectivity index (χ0v) is 19.3. The first-order chi connectivity index (χ1) is 14.1. The summed E-state index contributed by atoms with van der Waals surface area (Å²) in [6.07, 6.45) is 2.55. The number of morpholine rings is 1. The Kier molecular flexibility index (Phi) is 7.55. The molecule has 0 aromatic heterocycles. The minimum Gasteiger partial charge on any atom is -0.373 e. The Hall–Kier alpha value is -1.48. The summed E-state index contributed by atoms with van der Waals surface area (Å²) in [5, 5.41) is 0. The summed E-state index contributed by atoms with van der Waals surface area (Å²) in [5.74, 6) is 0.573. The molecule has 168 valence electrons. The minimum atomic E-state index is -3.54. The van der Waals surface area contributed by atoms with Gasteiger partial charge in [0.15, 0.2) is 0 Å². The van der Waals surface area contributed by atoms with E-state index in [2.05, 4.69) is 23.5 Å². The molecule has 3 rings (SSSR count). The third kappa shape index (κ3) is 6.03. The number of amides is 1. The third-order valence-corrected chi connectivity index (χ3v) is 7.39. The van der Waals surface area contributed by atoms with Gasteiger partial charge in [-0.1, -0.05) is 0 Å². The number of nitrogens with zero attached hydrogens (tertiary/aromatic N) is 2. The molecule has 2 fully saturated rings. The number of hydrogen-bond acceptors (Lipinski definition) is 5. The quantitative estimate of drug-likeness (QED) is 0.739. The Labute approximate surface area is 180 Å². The smallest absolute Gasteiger partial charge is 0.253 e. The molecule has 7 nitrogen and oxygen atoms in total. The van der Waals surface area contributed by atoms with E-state index in [1.54, 1.807) is 26.0 Å². The highest BCUT2D eigenvalue weighted by molar-refractivity contribution is 7.89. The van der Waals surface area contributed by atoms with Crippen LogP contribution in [0.1, 0.15) is 50.9 Å². The number of rotatable bonds is 6. The number of sulfonamides is 1. The van der Waals surface area contributed by atoms with Crippen molar-refractivity contribution in [2.45, 2.75) is 63.7 Å². The molecule has 0 aliphatic carbocycles. The molecule has 1 N–H and O–H groups in total. The van der Waals surface area contributed by atoms with Crippen LogP contribution in [0.25, 0.3) is 0 Å².